The molecule has 0 bridgehead atoms. The van der Waals surface area contributed by atoms with Gasteiger partial charge in [-0.2, -0.15) is 0 Å². The van der Waals surface area contributed by atoms with Gasteiger partial charge < -0.3 is 15.7 Å². The molecule has 26 heavy (non-hydrogen) atoms. The van der Waals surface area contributed by atoms with Crippen LogP contribution in [-0.4, -0.2) is 23.3 Å². The van der Waals surface area contributed by atoms with Gasteiger partial charge >= 0.3 is 6.03 Å². The lowest BCUT2D eigenvalue weighted by Crippen LogP contribution is -2.37. The molecule has 4 rings (SSSR count). The third kappa shape index (κ3) is 3.75. The van der Waals surface area contributed by atoms with Gasteiger partial charge in [-0.1, -0.05) is 42.5 Å². The van der Waals surface area contributed by atoms with E-state index in [0.29, 0.717) is 12.3 Å². The van der Waals surface area contributed by atoms with Crippen molar-refractivity contribution in [1.82, 2.24) is 5.32 Å². The second-order valence-electron chi connectivity index (χ2n) is 7.56. The summed E-state index contributed by atoms with van der Waals surface area (Å²) in [5.74, 6) is 0.529. The molecule has 136 valence electrons. The van der Waals surface area contributed by atoms with Crippen molar-refractivity contribution in [3.63, 3.8) is 0 Å². The van der Waals surface area contributed by atoms with Crippen molar-refractivity contribution in [2.45, 2.75) is 56.6 Å². The summed E-state index contributed by atoms with van der Waals surface area (Å²) in [5, 5.41) is 16.1. The van der Waals surface area contributed by atoms with E-state index in [0.717, 1.165) is 43.4 Å². The van der Waals surface area contributed by atoms with Gasteiger partial charge in [0.25, 0.3) is 0 Å². The number of hydrogen-bond donors (Lipinski definition) is 3. The fourth-order valence-corrected chi connectivity index (χ4v) is 4.37. The smallest absolute Gasteiger partial charge is 0.319 e. The Balaban J connectivity index is 1.37. The van der Waals surface area contributed by atoms with Crippen LogP contribution in [-0.2, 0) is 12.8 Å². The molecule has 0 spiro atoms. The number of hydrogen-bond acceptors (Lipinski definition) is 2. The van der Waals surface area contributed by atoms with Gasteiger partial charge in [-0.05, 0) is 60.8 Å². The minimum Gasteiger partial charge on any atom is -0.393 e. The van der Waals surface area contributed by atoms with E-state index >= 15 is 0 Å². The molecule has 4 nitrogen and oxygen atoms in total. The summed E-state index contributed by atoms with van der Waals surface area (Å²) in [7, 11) is 0. The van der Waals surface area contributed by atoms with Crippen LogP contribution in [0.1, 0.15) is 48.3 Å². The van der Waals surface area contributed by atoms with E-state index in [1.807, 2.05) is 18.2 Å². The van der Waals surface area contributed by atoms with E-state index in [1.165, 1.54) is 11.1 Å². The number of fused-ring (bicyclic) bond motifs is 1. The van der Waals surface area contributed by atoms with Gasteiger partial charge in [-0.15, -0.1) is 0 Å². The molecule has 0 aromatic heterocycles. The van der Waals surface area contributed by atoms with Crippen molar-refractivity contribution in [2.75, 3.05) is 5.32 Å². The fraction of sp³-hybridized carbons (Fsp3) is 0.409. The lowest BCUT2D eigenvalue weighted by molar-refractivity contribution is 0.159. The lowest BCUT2D eigenvalue weighted by atomic mass is 9.88. The Morgan fingerprint density at radius 1 is 1.00 bits per heavy atom. The van der Waals surface area contributed by atoms with E-state index in [9.17, 15) is 9.90 Å². The highest BCUT2D eigenvalue weighted by Crippen LogP contribution is 2.34. The molecule has 3 atom stereocenters. The first-order valence-electron chi connectivity index (χ1n) is 9.60. The maximum Gasteiger partial charge on any atom is 0.319 e. The second kappa shape index (κ2) is 7.50. The van der Waals surface area contributed by atoms with E-state index in [1.54, 1.807) is 0 Å². The van der Waals surface area contributed by atoms with Crippen molar-refractivity contribution in [3.8, 4) is 0 Å². The number of rotatable bonds is 3. The van der Waals surface area contributed by atoms with E-state index in [4.69, 9.17) is 0 Å². The average molecular weight is 350 g/mol. The maximum atomic E-state index is 12.5. The van der Waals surface area contributed by atoms with Crippen LogP contribution in [0.2, 0.25) is 0 Å². The van der Waals surface area contributed by atoms with E-state index in [-0.39, 0.29) is 18.2 Å². The normalized spacial score (nSPS) is 24.7. The SMILES string of the molecule is O=C(Nc1cccc2c1C[C@H](O)CC2)N[C@H]1CC[C@H](c2ccccc2)C1. The predicted octanol–water partition coefficient (Wildman–Crippen LogP) is 3.99. The number of urea groups is 1. The molecule has 2 aromatic carbocycles. The van der Waals surface area contributed by atoms with Crippen molar-refractivity contribution in [2.24, 2.45) is 0 Å². The van der Waals surface area contributed by atoms with Gasteiger partial charge in [0.05, 0.1) is 6.10 Å². The van der Waals surface area contributed by atoms with Crippen LogP contribution in [0.15, 0.2) is 48.5 Å². The molecule has 1 saturated carbocycles. The Morgan fingerprint density at radius 2 is 1.85 bits per heavy atom. The van der Waals surface area contributed by atoms with Crippen LogP contribution < -0.4 is 10.6 Å². The second-order valence-corrected chi connectivity index (χ2v) is 7.56. The van der Waals surface area contributed by atoms with Gasteiger partial charge in [-0.3, -0.25) is 0 Å². The fourth-order valence-electron chi connectivity index (χ4n) is 4.37. The van der Waals surface area contributed by atoms with Gasteiger partial charge in [0.1, 0.15) is 0 Å². The van der Waals surface area contributed by atoms with Crippen LogP contribution in [0.5, 0.6) is 0 Å². The van der Waals surface area contributed by atoms with Crippen molar-refractivity contribution in [3.05, 3.63) is 65.2 Å². The molecule has 1 fully saturated rings. The van der Waals surface area contributed by atoms with E-state index in [2.05, 4.69) is 41.0 Å². The zero-order chi connectivity index (χ0) is 17.9. The number of anilines is 1. The molecule has 0 radical (unpaired) electrons. The van der Waals surface area contributed by atoms with Crippen LogP contribution in [0.4, 0.5) is 10.5 Å². The standard InChI is InChI=1S/C22H26N2O2/c25-19-12-10-16-7-4-8-21(20(16)14-19)24-22(26)23-18-11-9-17(13-18)15-5-2-1-3-6-15/h1-8,17-19,25H,9-14H2,(H2,23,24,26)/t17-,18-,19+/m0/s1. The van der Waals surface area contributed by atoms with Gasteiger partial charge in [0.2, 0.25) is 0 Å². The first-order valence-corrected chi connectivity index (χ1v) is 9.60. The molecule has 2 aliphatic carbocycles. The number of carbonyl (C=O) groups excluding carboxylic acids is 1. The highest BCUT2D eigenvalue weighted by molar-refractivity contribution is 5.90. The minimum absolute atomic E-state index is 0.142. The molecule has 0 heterocycles. The Kier molecular flexibility index (Phi) is 4.93. The highest BCUT2D eigenvalue weighted by atomic mass is 16.3. The zero-order valence-corrected chi connectivity index (χ0v) is 14.9. The van der Waals surface area contributed by atoms with Crippen LogP contribution in [0, 0.1) is 0 Å². The van der Waals surface area contributed by atoms with Crippen molar-refractivity contribution >= 4 is 11.7 Å². The number of nitrogens with one attached hydrogen (secondary N) is 2. The highest BCUT2D eigenvalue weighted by Gasteiger charge is 2.27. The Morgan fingerprint density at radius 3 is 2.69 bits per heavy atom. The van der Waals surface area contributed by atoms with Gasteiger partial charge in [-0.25, -0.2) is 4.79 Å². The number of carbonyl (C=O) groups is 1. The Labute approximate surface area is 154 Å². The average Bonchev–Trinajstić information content (AvgIpc) is 3.11. The van der Waals surface area contributed by atoms with Crippen LogP contribution in [0.3, 0.4) is 0 Å². The molecule has 3 N–H and O–H groups in total. The summed E-state index contributed by atoms with van der Waals surface area (Å²) in [6, 6.07) is 16.6. The van der Waals surface area contributed by atoms with Crippen molar-refractivity contribution in [1.29, 1.82) is 0 Å². The number of aliphatic hydroxyl groups is 1. The summed E-state index contributed by atoms with van der Waals surface area (Å²) in [5.41, 5.74) is 4.51. The molecular formula is C22H26N2O2. The number of amides is 2. The lowest BCUT2D eigenvalue weighted by Gasteiger charge is -2.24. The first-order chi connectivity index (χ1) is 12.7. The van der Waals surface area contributed by atoms with Gasteiger partial charge in [0, 0.05) is 18.2 Å². The summed E-state index contributed by atoms with van der Waals surface area (Å²) < 4.78 is 0. The molecule has 0 saturated heterocycles. The topological polar surface area (TPSA) is 61.4 Å². The summed E-state index contributed by atoms with van der Waals surface area (Å²) in [6.45, 7) is 0. The molecule has 2 amide bonds. The van der Waals surface area contributed by atoms with E-state index < -0.39 is 0 Å². The molecule has 4 heteroatoms. The molecule has 2 aromatic rings. The van der Waals surface area contributed by atoms with Crippen LogP contribution in [0.25, 0.3) is 0 Å². The third-order valence-corrected chi connectivity index (χ3v) is 5.75. The number of aryl methyl sites for hydroxylation is 1. The summed E-state index contributed by atoms with van der Waals surface area (Å²) in [4.78, 5) is 12.5. The zero-order valence-electron chi connectivity index (χ0n) is 14.9. The summed E-state index contributed by atoms with van der Waals surface area (Å²) in [6.07, 6.45) is 5.09. The molecule has 0 unspecified atom stereocenters. The largest absolute Gasteiger partial charge is 0.393 e. The predicted molar refractivity (Wildman–Crippen MR) is 103 cm³/mol. The minimum atomic E-state index is -0.310. The van der Waals surface area contributed by atoms with Crippen molar-refractivity contribution < 1.29 is 9.90 Å². The Bertz CT molecular complexity index is 775. The Hall–Kier alpha value is -2.33. The third-order valence-electron chi connectivity index (χ3n) is 5.75. The molecule has 2 aliphatic rings. The molecule has 0 aliphatic heterocycles. The van der Waals surface area contributed by atoms with Crippen LogP contribution >= 0.6 is 0 Å². The quantitative estimate of drug-likeness (QED) is 0.784. The first kappa shape index (κ1) is 17.1. The number of benzene rings is 2. The number of aliphatic hydroxyl groups excluding tert-OH is 1. The van der Waals surface area contributed by atoms with Gasteiger partial charge in [0.15, 0.2) is 0 Å². The monoisotopic (exact) mass is 350 g/mol. The maximum absolute atomic E-state index is 12.5. The molecular weight excluding hydrogens is 324 g/mol. The summed E-state index contributed by atoms with van der Waals surface area (Å²) >= 11 is 0.